The molecule has 3 N–H and O–H groups in total. The first-order valence-corrected chi connectivity index (χ1v) is 12.2. The number of Topliss-reactive ketones (excluding diaryl/α,β-unsaturated/α-hetero) is 1. The number of rotatable bonds is 6. The van der Waals surface area contributed by atoms with Crippen molar-refractivity contribution in [2.24, 2.45) is 0 Å². The van der Waals surface area contributed by atoms with Gasteiger partial charge in [-0.1, -0.05) is 24.3 Å². The molecule has 2 saturated heterocycles. The van der Waals surface area contributed by atoms with E-state index in [9.17, 15) is 14.4 Å². The maximum absolute atomic E-state index is 13.4. The lowest BCUT2D eigenvalue weighted by Crippen LogP contribution is -2.41. The third-order valence-electron chi connectivity index (χ3n) is 6.79. The zero-order valence-electron chi connectivity index (χ0n) is 19.7. The second-order valence-electron chi connectivity index (χ2n) is 9.37. The standard InChI is InChI=1S/C26H31N5O4/c32-22(17-30-8-10-35-11-9-30)12-18-6-7-24-23(13-18)25(33)31-16-20(14-21(31)15-27-24)29-26(34)28-19-4-2-1-3-5-19/h1-7,13,20-21,27H,8-12,14-17H2,(H2,28,29,34)/t20?,21-/m0/s1. The summed E-state index contributed by atoms with van der Waals surface area (Å²) in [6.45, 7) is 4.33. The smallest absolute Gasteiger partial charge is 0.319 e. The highest BCUT2D eigenvalue weighted by Gasteiger charge is 2.38. The van der Waals surface area contributed by atoms with Crippen LogP contribution in [0.2, 0.25) is 0 Å². The van der Waals surface area contributed by atoms with Crippen molar-refractivity contribution in [2.45, 2.75) is 24.9 Å². The van der Waals surface area contributed by atoms with Crippen molar-refractivity contribution in [3.63, 3.8) is 0 Å². The Morgan fingerprint density at radius 1 is 1.09 bits per heavy atom. The molecule has 2 aromatic carbocycles. The van der Waals surface area contributed by atoms with Gasteiger partial charge in [-0.3, -0.25) is 14.5 Å². The highest BCUT2D eigenvalue weighted by atomic mass is 16.5. The van der Waals surface area contributed by atoms with E-state index in [-0.39, 0.29) is 29.8 Å². The van der Waals surface area contributed by atoms with Crippen LogP contribution in [-0.4, -0.2) is 85.5 Å². The van der Waals surface area contributed by atoms with Crippen LogP contribution in [0.1, 0.15) is 22.3 Å². The van der Waals surface area contributed by atoms with Gasteiger partial charge in [-0.25, -0.2) is 4.79 Å². The highest BCUT2D eigenvalue weighted by Crippen LogP contribution is 2.29. The Bertz CT molecular complexity index is 1090. The average Bonchev–Trinajstić information content (AvgIpc) is 3.21. The Balaban J connectivity index is 1.21. The number of ketones is 1. The van der Waals surface area contributed by atoms with Crippen molar-refractivity contribution in [3.05, 3.63) is 59.7 Å². The highest BCUT2D eigenvalue weighted by molar-refractivity contribution is 6.01. The lowest BCUT2D eigenvalue weighted by molar-refractivity contribution is -0.120. The monoisotopic (exact) mass is 477 g/mol. The summed E-state index contributed by atoms with van der Waals surface area (Å²) in [5.74, 6) is 0.0684. The van der Waals surface area contributed by atoms with Crippen LogP contribution in [-0.2, 0) is 16.0 Å². The zero-order chi connectivity index (χ0) is 24.2. The number of nitrogens with one attached hydrogen (secondary N) is 3. The molecule has 3 heterocycles. The number of carbonyl (C=O) groups excluding carboxylic acids is 3. The molecule has 2 fully saturated rings. The van der Waals surface area contributed by atoms with Crippen LogP contribution in [0, 0.1) is 0 Å². The van der Waals surface area contributed by atoms with E-state index < -0.39 is 0 Å². The van der Waals surface area contributed by atoms with Crippen molar-refractivity contribution in [2.75, 3.05) is 56.6 Å². The minimum absolute atomic E-state index is 0.0108. The fourth-order valence-electron chi connectivity index (χ4n) is 5.04. The molecule has 1 unspecified atom stereocenters. The molecule has 0 spiro atoms. The fourth-order valence-corrected chi connectivity index (χ4v) is 5.04. The van der Waals surface area contributed by atoms with Crippen LogP contribution in [0.25, 0.3) is 0 Å². The summed E-state index contributed by atoms with van der Waals surface area (Å²) in [6.07, 6.45) is 0.977. The number of anilines is 2. The third kappa shape index (κ3) is 5.63. The molecule has 0 bridgehead atoms. The third-order valence-corrected chi connectivity index (χ3v) is 6.79. The molecule has 0 saturated carbocycles. The van der Waals surface area contributed by atoms with Gasteiger partial charge < -0.3 is 25.6 Å². The Labute approximate surface area is 204 Å². The van der Waals surface area contributed by atoms with Gasteiger partial charge in [0.2, 0.25) is 0 Å². The molecule has 5 rings (SSSR count). The van der Waals surface area contributed by atoms with Crippen LogP contribution >= 0.6 is 0 Å². The summed E-state index contributed by atoms with van der Waals surface area (Å²) in [5.41, 5.74) is 2.94. The Morgan fingerprint density at radius 2 is 1.89 bits per heavy atom. The number of fused-ring (bicyclic) bond motifs is 2. The summed E-state index contributed by atoms with van der Waals surface area (Å²) in [5, 5.41) is 9.22. The van der Waals surface area contributed by atoms with Gasteiger partial charge >= 0.3 is 6.03 Å². The number of ether oxygens (including phenoxy) is 1. The predicted molar refractivity (Wildman–Crippen MR) is 133 cm³/mol. The number of amides is 3. The Hall–Kier alpha value is -3.43. The van der Waals surface area contributed by atoms with Crippen molar-refractivity contribution < 1.29 is 19.1 Å². The minimum Gasteiger partial charge on any atom is -0.382 e. The van der Waals surface area contributed by atoms with Crippen LogP contribution in [0.3, 0.4) is 0 Å². The number of carbonyl (C=O) groups is 3. The summed E-state index contributed by atoms with van der Waals surface area (Å²) >= 11 is 0. The summed E-state index contributed by atoms with van der Waals surface area (Å²) in [4.78, 5) is 42.4. The number of nitrogens with zero attached hydrogens (tertiary/aromatic N) is 2. The lowest BCUT2D eigenvalue weighted by atomic mass is 10.0. The van der Waals surface area contributed by atoms with Crippen molar-refractivity contribution in [1.29, 1.82) is 0 Å². The van der Waals surface area contributed by atoms with Gasteiger partial charge in [0.25, 0.3) is 5.91 Å². The quantitative estimate of drug-likeness (QED) is 0.588. The maximum Gasteiger partial charge on any atom is 0.319 e. The lowest BCUT2D eigenvalue weighted by Gasteiger charge is -2.25. The molecule has 35 heavy (non-hydrogen) atoms. The van der Waals surface area contributed by atoms with E-state index in [0.717, 1.165) is 30.0 Å². The first kappa shape index (κ1) is 23.3. The van der Waals surface area contributed by atoms with Gasteiger partial charge in [-0.15, -0.1) is 0 Å². The normalized spacial score (nSPS) is 21.9. The molecule has 9 heteroatoms. The molecule has 2 aromatic rings. The van der Waals surface area contributed by atoms with E-state index in [0.29, 0.717) is 51.3 Å². The number of benzene rings is 2. The van der Waals surface area contributed by atoms with E-state index in [4.69, 9.17) is 4.74 Å². The van der Waals surface area contributed by atoms with E-state index in [2.05, 4.69) is 20.9 Å². The van der Waals surface area contributed by atoms with E-state index in [1.54, 1.807) is 0 Å². The number of para-hydroxylation sites is 1. The summed E-state index contributed by atoms with van der Waals surface area (Å²) < 4.78 is 5.35. The Kier molecular flexibility index (Phi) is 6.96. The van der Waals surface area contributed by atoms with Crippen LogP contribution < -0.4 is 16.0 Å². The van der Waals surface area contributed by atoms with Crippen molar-refractivity contribution >= 4 is 29.1 Å². The van der Waals surface area contributed by atoms with Gasteiger partial charge in [0.15, 0.2) is 5.78 Å². The molecule has 3 aliphatic rings. The summed E-state index contributed by atoms with van der Waals surface area (Å²) in [6, 6.07) is 14.5. The zero-order valence-corrected chi connectivity index (χ0v) is 19.7. The molecular weight excluding hydrogens is 446 g/mol. The molecule has 184 valence electrons. The predicted octanol–water partition coefficient (Wildman–Crippen LogP) is 1.96. The van der Waals surface area contributed by atoms with Crippen LogP contribution in [0.15, 0.2) is 48.5 Å². The molecule has 0 aliphatic carbocycles. The van der Waals surface area contributed by atoms with E-state index in [1.807, 2.05) is 53.4 Å². The summed E-state index contributed by atoms with van der Waals surface area (Å²) in [7, 11) is 0. The van der Waals surface area contributed by atoms with E-state index >= 15 is 0 Å². The average molecular weight is 478 g/mol. The second kappa shape index (κ2) is 10.5. The molecule has 0 aromatic heterocycles. The fraction of sp³-hybridized carbons (Fsp3) is 0.423. The second-order valence-corrected chi connectivity index (χ2v) is 9.37. The molecule has 2 atom stereocenters. The largest absolute Gasteiger partial charge is 0.382 e. The van der Waals surface area contributed by atoms with E-state index in [1.165, 1.54) is 0 Å². The SMILES string of the molecule is O=C(Cc1ccc2c(c1)C(=O)N1CC(NC(=O)Nc3ccccc3)C[C@H]1CN2)CN1CCOCC1. The molecule has 9 nitrogen and oxygen atoms in total. The first-order valence-electron chi connectivity index (χ1n) is 12.2. The molecule has 3 aliphatic heterocycles. The van der Waals surface area contributed by atoms with Crippen molar-refractivity contribution in [1.82, 2.24) is 15.1 Å². The van der Waals surface area contributed by atoms with Crippen molar-refractivity contribution in [3.8, 4) is 0 Å². The molecule has 3 amide bonds. The first-order chi connectivity index (χ1) is 17.0. The van der Waals surface area contributed by atoms with Crippen LogP contribution in [0.5, 0.6) is 0 Å². The van der Waals surface area contributed by atoms with Gasteiger partial charge in [-0.05, 0) is 36.2 Å². The van der Waals surface area contributed by atoms with Gasteiger partial charge in [0.05, 0.1) is 37.4 Å². The maximum atomic E-state index is 13.4. The molecular formula is C26H31N5O4. The van der Waals surface area contributed by atoms with Gasteiger partial charge in [0.1, 0.15) is 0 Å². The molecule has 0 radical (unpaired) electrons. The van der Waals surface area contributed by atoms with Gasteiger partial charge in [0, 0.05) is 44.0 Å². The number of hydrogen-bond donors (Lipinski definition) is 3. The Morgan fingerprint density at radius 3 is 2.69 bits per heavy atom. The van der Waals surface area contributed by atoms with Crippen LogP contribution in [0.4, 0.5) is 16.2 Å². The van der Waals surface area contributed by atoms with Gasteiger partial charge in [-0.2, -0.15) is 0 Å². The topological polar surface area (TPSA) is 103 Å². The minimum atomic E-state index is -0.277. The number of hydrogen-bond acceptors (Lipinski definition) is 6. The number of urea groups is 1. The number of morpholine rings is 1.